The number of nitrogens with one attached hydrogen (secondary N) is 1. The van der Waals surface area contributed by atoms with Crippen molar-refractivity contribution in [3.05, 3.63) is 42.2 Å². The van der Waals surface area contributed by atoms with E-state index in [2.05, 4.69) is 25.3 Å². The summed E-state index contributed by atoms with van der Waals surface area (Å²) < 4.78 is 12.6. The van der Waals surface area contributed by atoms with Crippen LogP contribution in [0.5, 0.6) is 0 Å². The lowest BCUT2D eigenvalue weighted by Crippen LogP contribution is -2.36. The van der Waals surface area contributed by atoms with E-state index < -0.39 is 0 Å². The molecule has 3 aromatic heterocycles. The number of nitrogens with zero attached hydrogens (tertiary/aromatic N) is 5. The Labute approximate surface area is 156 Å². The van der Waals surface area contributed by atoms with Crippen molar-refractivity contribution in [1.29, 1.82) is 0 Å². The zero-order valence-corrected chi connectivity index (χ0v) is 15.2. The van der Waals surface area contributed by atoms with Gasteiger partial charge in [-0.25, -0.2) is 9.97 Å². The Balaban J connectivity index is 1.46. The van der Waals surface area contributed by atoms with Crippen LogP contribution in [-0.2, 0) is 11.8 Å². The van der Waals surface area contributed by atoms with E-state index in [9.17, 15) is 4.79 Å². The summed E-state index contributed by atoms with van der Waals surface area (Å²) in [5.74, 6) is 1.34. The number of morpholine rings is 1. The van der Waals surface area contributed by atoms with Gasteiger partial charge in [0.05, 0.1) is 36.9 Å². The van der Waals surface area contributed by atoms with Gasteiger partial charge in [-0.2, -0.15) is 5.10 Å². The molecule has 1 aliphatic heterocycles. The van der Waals surface area contributed by atoms with E-state index >= 15 is 0 Å². The maximum Gasteiger partial charge on any atom is 0.277 e. The topological polar surface area (TPSA) is 98.3 Å². The molecule has 1 fully saturated rings. The van der Waals surface area contributed by atoms with Crippen LogP contribution in [-0.4, -0.2) is 52.0 Å². The third kappa shape index (κ3) is 3.68. The lowest BCUT2D eigenvalue weighted by atomic mass is 10.3. The van der Waals surface area contributed by atoms with Crippen molar-refractivity contribution in [3.8, 4) is 11.5 Å². The van der Waals surface area contributed by atoms with Gasteiger partial charge in [0.2, 0.25) is 5.89 Å². The minimum Gasteiger partial charge on any atom is -0.440 e. The Bertz CT molecular complexity index is 940. The second-order valence-corrected chi connectivity index (χ2v) is 6.29. The highest BCUT2D eigenvalue weighted by molar-refractivity contribution is 6.03. The van der Waals surface area contributed by atoms with Gasteiger partial charge in [-0.15, -0.1) is 0 Å². The number of pyridine rings is 1. The summed E-state index contributed by atoms with van der Waals surface area (Å²) in [6.45, 7) is 4.74. The number of hydrogen-bond acceptors (Lipinski definition) is 7. The molecule has 0 aliphatic carbocycles. The highest BCUT2D eigenvalue weighted by Gasteiger charge is 2.19. The number of aryl methyl sites for hydroxylation is 2. The molecular formula is C18H20N6O3. The summed E-state index contributed by atoms with van der Waals surface area (Å²) in [6, 6.07) is 3.71. The molecule has 4 rings (SSSR count). The van der Waals surface area contributed by atoms with Gasteiger partial charge in [0, 0.05) is 26.3 Å². The molecule has 0 unspecified atom stereocenters. The quantitative estimate of drug-likeness (QED) is 0.750. The monoisotopic (exact) mass is 368 g/mol. The van der Waals surface area contributed by atoms with Crippen molar-refractivity contribution in [2.75, 3.05) is 36.5 Å². The van der Waals surface area contributed by atoms with Crippen molar-refractivity contribution in [2.24, 2.45) is 7.05 Å². The van der Waals surface area contributed by atoms with E-state index in [-0.39, 0.29) is 11.6 Å². The predicted octanol–water partition coefficient (Wildman–Crippen LogP) is 1.87. The smallest absolute Gasteiger partial charge is 0.277 e. The fourth-order valence-corrected chi connectivity index (χ4v) is 2.89. The minimum absolute atomic E-state index is 0.242. The van der Waals surface area contributed by atoms with Gasteiger partial charge < -0.3 is 19.4 Å². The Kier molecular flexibility index (Phi) is 4.59. The Hall–Kier alpha value is -3.20. The largest absolute Gasteiger partial charge is 0.440 e. The summed E-state index contributed by atoms with van der Waals surface area (Å²) in [4.78, 5) is 23.4. The fraction of sp³-hybridized carbons (Fsp3) is 0.333. The molecule has 4 heterocycles. The number of ether oxygens (including phenoxy) is 1. The van der Waals surface area contributed by atoms with Crippen molar-refractivity contribution in [1.82, 2.24) is 19.7 Å². The van der Waals surface area contributed by atoms with Gasteiger partial charge in [-0.3, -0.25) is 9.48 Å². The number of rotatable bonds is 4. The zero-order chi connectivity index (χ0) is 18.8. The Morgan fingerprint density at radius 2 is 2.04 bits per heavy atom. The van der Waals surface area contributed by atoms with E-state index in [4.69, 9.17) is 9.15 Å². The minimum atomic E-state index is -0.340. The second-order valence-electron chi connectivity index (χ2n) is 6.29. The van der Waals surface area contributed by atoms with Crippen LogP contribution in [0.3, 0.4) is 0 Å². The number of anilines is 2. The molecule has 1 saturated heterocycles. The summed E-state index contributed by atoms with van der Waals surface area (Å²) in [7, 11) is 1.81. The first-order valence-corrected chi connectivity index (χ1v) is 8.67. The number of hydrogen-bond donors (Lipinski definition) is 1. The molecule has 9 nitrogen and oxygen atoms in total. The lowest BCUT2D eigenvalue weighted by Gasteiger charge is -2.27. The molecular weight excluding hydrogens is 348 g/mol. The number of carbonyl (C=O) groups excluding carboxylic acids is 1. The van der Waals surface area contributed by atoms with Crippen molar-refractivity contribution >= 4 is 17.4 Å². The van der Waals surface area contributed by atoms with Crippen LogP contribution in [0.25, 0.3) is 11.5 Å². The van der Waals surface area contributed by atoms with Crippen LogP contribution in [0.15, 0.2) is 35.1 Å². The molecule has 0 atom stereocenters. The maximum atomic E-state index is 12.6. The molecule has 0 saturated carbocycles. The zero-order valence-electron chi connectivity index (χ0n) is 15.2. The average Bonchev–Trinajstić information content (AvgIpc) is 3.29. The Morgan fingerprint density at radius 1 is 1.22 bits per heavy atom. The fourth-order valence-electron chi connectivity index (χ4n) is 2.89. The molecule has 27 heavy (non-hydrogen) atoms. The van der Waals surface area contributed by atoms with Gasteiger partial charge in [-0.05, 0) is 19.1 Å². The number of oxazole rings is 1. The maximum absolute atomic E-state index is 12.6. The van der Waals surface area contributed by atoms with Crippen LogP contribution in [0.2, 0.25) is 0 Å². The van der Waals surface area contributed by atoms with Crippen LogP contribution in [0.4, 0.5) is 11.5 Å². The number of amides is 1. The number of aromatic nitrogens is 4. The normalized spacial score (nSPS) is 14.4. The molecule has 9 heteroatoms. The standard InChI is InChI=1S/C18H20N6O3/c1-12-16(22-18(27-12)13-9-20-23(2)11-13)17(25)21-14-3-4-15(19-10-14)24-5-7-26-8-6-24/h3-4,9-11H,5-8H2,1-2H3,(H,21,25). The SMILES string of the molecule is Cc1oc(-c2cnn(C)c2)nc1C(=O)Nc1ccc(N2CCOCC2)nc1. The van der Waals surface area contributed by atoms with Gasteiger partial charge in [-0.1, -0.05) is 0 Å². The molecule has 0 bridgehead atoms. The predicted molar refractivity (Wildman–Crippen MR) is 98.7 cm³/mol. The van der Waals surface area contributed by atoms with E-state index in [1.54, 1.807) is 37.2 Å². The van der Waals surface area contributed by atoms with Gasteiger partial charge in [0.1, 0.15) is 11.6 Å². The van der Waals surface area contributed by atoms with E-state index in [1.807, 2.05) is 12.1 Å². The van der Waals surface area contributed by atoms with E-state index in [0.29, 0.717) is 30.6 Å². The summed E-state index contributed by atoms with van der Waals surface area (Å²) in [6.07, 6.45) is 5.06. The lowest BCUT2D eigenvalue weighted by molar-refractivity contribution is 0.102. The first-order chi connectivity index (χ1) is 13.1. The first kappa shape index (κ1) is 17.2. The first-order valence-electron chi connectivity index (χ1n) is 8.67. The molecule has 1 N–H and O–H groups in total. The third-order valence-electron chi connectivity index (χ3n) is 4.30. The molecule has 3 aromatic rings. The van der Waals surface area contributed by atoms with E-state index in [0.717, 1.165) is 24.5 Å². The van der Waals surface area contributed by atoms with Crippen molar-refractivity contribution in [2.45, 2.75) is 6.92 Å². The average molecular weight is 368 g/mol. The third-order valence-corrected chi connectivity index (χ3v) is 4.30. The van der Waals surface area contributed by atoms with Gasteiger partial charge >= 0.3 is 0 Å². The highest BCUT2D eigenvalue weighted by Crippen LogP contribution is 2.22. The molecule has 0 aromatic carbocycles. The molecule has 0 radical (unpaired) electrons. The summed E-state index contributed by atoms with van der Waals surface area (Å²) in [5.41, 5.74) is 1.56. The van der Waals surface area contributed by atoms with Crippen LogP contribution < -0.4 is 10.2 Å². The van der Waals surface area contributed by atoms with Gasteiger partial charge in [0.25, 0.3) is 5.91 Å². The van der Waals surface area contributed by atoms with Crippen LogP contribution in [0, 0.1) is 6.92 Å². The molecule has 1 amide bonds. The summed E-state index contributed by atoms with van der Waals surface area (Å²) >= 11 is 0. The molecule has 1 aliphatic rings. The van der Waals surface area contributed by atoms with Gasteiger partial charge in [0.15, 0.2) is 5.69 Å². The second kappa shape index (κ2) is 7.20. The van der Waals surface area contributed by atoms with E-state index in [1.165, 1.54) is 0 Å². The number of carbonyl (C=O) groups is 1. The van der Waals surface area contributed by atoms with Crippen molar-refractivity contribution < 1.29 is 13.9 Å². The van der Waals surface area contributed by atoms with Crippen molar-refractivity contribution in [3.63, 3.8) is 0 Å². The van der Waals surface area contributed by atoms with Crippen LogP contribution >= 0.6 is 0 Å². The molecule has 140 valence electrons. The van der Waals surface area contributed by atoms with Crippen LogP contribution in [0.1, 0.15) is 16.2 Å². The highest BCUT2D eigenvalue weighted by atomic mass is 16.5. The molecule has 0 spiro atoms. The Morgan fingerprint density at radius 3 is 2.70 bits per heavy atom. The summed E-state index contributed by atoms with van der Waals surface area (Å²) in [5, 5.41) is 6.90.